The molecule has 0 fully saturated rings. The Hall–Kier alpha value is -1.92. The average molecular weight is 314 g/mol. The predicted octanol–water partition coefficient (Wildman–Crippen LogP) is 4.74. The van der Waals surface area contributed by atoms with Gasteiger partial charge in [0.2, 0.25) is 0 Å². The van der Waals surface area contributed by atoms with Crippen molar-refractivity contribution in [3.05, 3.63) is 91.0 Å². The molecule has 3 aromatic rings. The summed E-state index contributed by atoms with van der Waals surface area (Å²) in [6.07, 6.45) is 0. The summed E-state index contributed by atoms with van der Waals surface area (Å²) < 4.78 is 0. The Balaban J connectivity index is 0.000000216. The third-order valence-corrected chi connectivity index (χ3v) is 2.64. The van der Waals surface area contributed by atoms with Crippen molar-refractivity contribution in [3.8, 4) is 16.9 Å². The molecule has 0 aliphatic rings. The van der Waals surface area contributed by atoms with Crippen molar-refractivity contribution in [3.63, 3.8) is 0 Å². The summed E-state index contributed by atoms with van der Waals surface area (Å²) in [5.41, 5.74) is 2.55. The van der Waals surface area contributed by atoms with Crippen LogP contribution in [0.1, 0.15) is 0 Å². The minimum atomic E-state index is 0. The molecule has 0 aliphatic heterocycles. The van der Waals surface area contributed by atoms with E-state index in [-0.39, 0.29) is 19.5 Å². The van der Waals surface area contributed by atoms with Gasteiger partial charge in [-0.05, 0) is 23.3 Å². The summed E-state index contributed by atoms with van der Waals surface area (Å²) in [4.78, 5) is 0. The van der Waals surface area contributed by atoms with Gasteiger partial charge < -0.3 is 5.11 Å². The van der Waals surface area contributed by atoms with E-state index in [1.807, 2.05) is 18.2 Å². The number of rotatable bonds is 1. The van der Waals surface area contributed by atoms with Crippen LogP contribution in [0.4, 0.5) is 0 Å². The molecule has 1 N–H and O–H groups in total. The average Bonchev–Trinajstić information content (AvgIpc) is 2.51. The van der Waals surface area contributed by atoms with E-state index >= 15 is 0 Å². The fourth-order valence-corrected chi connectivity index (χ4v) is 1.69. The topological polar surface area (TPSA) is 20.2 Å². The summed E-state index contributed by atoms with van der Waals surface area (Å²) in [5, 5.41) is 8.63. The first-order valence-corrected chi connectivity index (χ1v) is 6.21. The zero-order valence-electron chi connectivity index (χ0n) is 11.3. The zero-order valence-corrected chi connectivity index (χ0v) is 14.3. The maximum atomic E-state index is 8.63. The van der Waals surface area contributed by atoms with Crippen LogP contribution in [0.15, 0.2) is 91.0 Å². The Kier molecular flexibility index (Phi) is 7.31. The van der Waals surface area contributed by atoms with Crippen molar-refractivity contribution in [2.24, 2.45) is 0 Å². The van der Waals surface area contributed by atoms with Crippen molar-refractivity contribution in [2.45, 2.75) is 0 Å². The molecule has 0 bridgehead atoms. The Labute approximate surface area is 132 Å². The molecule has 0 radical (unpaired) electrons. The number of benzene rings is 3. The van der Waals surface area contributed by atoms with E-state index in [9.17, 15) is 0 Å². The predicted molar refractivity (Wildman–Crippen MR) is 80.0 cm³/mol. The molecule has 0 aliphatic carbocycles. The molecule has 0 amide bonds. The van der Waals surface area contributed by atoms with Crippen LogP contribution in [-0.2, 0) is 19.5 Å². The number of aromatic hydroxyl groups is 1. The number of para-hydroxylation sites is 1. The summed E-state index contributed by atoms with van der Waals surface area (Å²) in [7, 11) is 0. The van der Waals surface area contributed by atoms with Crippen molar-refractivity contribution in [1.82, 2.24) is 0 Å². The molecule has 3 aromatic carbocycles. The summed E-state index contributed by atoms with van der Waals surface area (Å²) in [6.45, 7) is 0. The fraction of sp³-hybridized carbons (Fsp3) is 0. The molecule has 0 saturated carbocycles. The number of hydrogen-bond acceptors (Lipinski definition) is 1. The first-order valence-electron chi connectivity index (χ1n) is 6.21. The van der Waals surface area contributed by atoms with E-state index in [1.54, 1.807) is 24.3 Å². The fourth-order valence-electron chi connectivity index (χ4n) is 1.69. The summed E-state index contributed by atoms with van der Waals surface area (Å²) in [5.74, 6) is 0.322. The monoisotopic (exact) mass is 312 g/mol. The van der Waals surface area contributed by atoms with Gasteiger partial charge in [-0.2, -0.15) is 0 Å². The zero-order chi connectivity index (χ0) is 13.3. The molecule has 20 heavy (non-hydrogen) atoms. The molecule has 0 heterocycles. The molecule has 2 heteroatoms. The quantitative estimate of drug-likeness (QED) is 0.643. The summed E-state index contributed by atoms with van der Waals surface area (Å²) in [6, 6.07) is 29.5. The van der Waals surface area contributed by atoms with Crippen LogP contribution in [0.25, 0.3) is 11.1 Å². The maximum absolute atomic E-state index is 8.63. The Bertz CT molecular complexity index is 542. The SMILES string of the molecule is Oc1ccccc1.[Zn].c1ccc(-c2ccccc2)cc1. The van der Waals surface area contributed by atoms with Crippen LogP contribution in [0.3, 0.4) is 0 Å². The molecular weight excluding hydrogens is 298 g/mol. The third-order valence-electron chi connectivity index (χ3n) is 2.64. The third kappa shape index (κ3) is 5.38. The molecule has 1 nitrogen and oxygen atoms in total. The number of phenols is 1. The van der Waals surface area contributed by atoms with Gasteiger partial charge in [-0.25, -0.2) is 0 Å². The molecule has 0 unspecified atom stereocenters. The molecule has 0 atom stereocenters. The van der Waals surface area contributed by atoms with Crippen LogP contribution in [-0.4, -0.2) is 5.11 Å². The number of phenolic OH excluding ortho intramolecular Hbond substituents is 1. The van der Waals surface area contributed by atoms with Crippen LogP contribution < -0.4 is 0 Å². The van der Waals surface area contributed by atoms with Crippen molar-refractivity contribution in [2.75, 3.05) is 0 Å². The molecule has 0 aromatic heterocycles. The van der Waals surface area contributed by atoms with Gasteiger partial charge in [-0.3, -0.25) is 0 Å². The molecule has 0 saturated heterocycles. The second-order valence-electron chi connectivity index (χ2n) is 4.07. The second kappa shape index (κ2) is 9.06. The van der Waals surface area contributed by atoms with E-state index in [1.165, 1.54) is 11.1 Å². The summed E-state index contributed by atoms with van der Waals surface area (Å²) >= 11 is 0. The van der Waals surface area contributed by atoms with Gasteiger partial charge in [-0.1, -0.05) is 78.9 Å². The van der Waals surface area contributed by atoms with Crippen LogP contribution >= 0.6 is 0 Å². The first kappa shape index (κ1) is 16.1. The van der Waals surface area contributed by atoms with Crippen LogP contribution in [0.2, 0.25) is 0 Å². The van der Waals surface area contributed by atoms with Crippen LogP contribution in [0, 0.1) is 0 Å². The molecule has 96 valence electrons. The Morgan fingerprint density at radius 1 is 0.450 bits per heavy atom. The maximum Gasteiger partial charge on any atom is 0.115 e. The van der Waals surface area contributed by atoms with E-state index in [0.29, 0.717) is 5.75 Å². The Morgan fingerprint density at radius 3 is 1.00 bits per heavy atom. The van der Waals surface area contributed by atoms with Crippen molar-refractivity contribution >= 4 is 0 Å². The normalized spacial score (nSPS) is 8.80. The smallest absolute Gasteiger partial charge is 0.115 e. The van der Waals surface area contributed by atoms with Gasteiger partial charge >= 0.3 is 0 Å². The largest absolute Gasteiger partial charge is 0.508 e. The van der Waals surface area contributed by atoms with E-state index in [2.05, 4.69) is 48.5 Å². The van der Waals surface area contributed by atoms with Gasteiger partial charge in [0, 0.05) is 19.5 Å². The Morgan fingerprint density at radius 2 is 0.750 bits per heavy atom. The van der Waals surface area contributed by atoms with Crippen molar-refractivity contribution in [1.29, 1.82) is 0 Å². The van der Waals surface area contributed by atoms with E-state index < -0.39 is 0 Å². The number of hydrogen-bond donors (Lipinski definition) is 1. The van der Waals surface area contributed by atoms with Gasteiger partial charge in [-0.15, -0.1) is 0 Å². The second-order valence-corrected chi connectivity index (χ2v) is 4.07. The molecule has 3 rings (SSSR count). The minimum absolute atomic E-state index is 0. The molecular formula is C18H16OZn. The van der Waals surface area contributed by atoms with Gasteiger partial charge in [0.25, 0.3) is 0 Å². The first-order chi connectivity index (χ1) is 9.36. The van der Waals surface area contributed by atoms with Crippen molar-refractivity contribution < 1.29 is 24.6 Å². The van der Waals surface area contributed by atoms with Gasteiger partial charge in [0.1, 0.15) is 5.75 Å². The standard InChI is InChI=1S/C12H10.C6H6O.Zn/c1-3-7-11(8-4-1)12-9-5-2-6-10-12;7-6-4-2-1-3-5-6;/h1-10H;1-5,7H;. The minimum Gasteiger partial charge on any atom is -0.508 e. The van der Waals surface area contributed by atoms with Gasteiger partial charge in [0.15, 0.2) is 0 Å². The van der Waals surface area contributed by atoms with Gasteiger partial charge in [0.05, 0.1) is 0 Å². The van der Waals surface area contributed by atoms with Crippen LogP contribution in [0.5, 0.6) is 5.75 Å². The molecule has 0 spiro atoms. The van der Waals surface area contributed by atoms with E-state index in [4.69, 9.17) is 5.11 Å². The van der Waals surface area contributed by atoms with E-state index in [0.717, 1.165) is 0 Å².